The second kappa shape index (κ2) is 6.08. The first-order valence-electron chi connectivity index (χ1n) is 6.20. The van der Waals surface area contributed by atoms with E-state index < -0.39 is 0 Å². The summed E-state index contributed by atoms with van der Waals surface area (Å²) in [6, 6.07) is 14.9. The number of nitrogens with one attached hydrogen (secondary N) is 1. The smallest absolute Gasteiger partial charge is 0.185 e. The molecule has 0 unspecified atom stereocenters. The highest BCUT2D eigenvalue weighted by atomic mass is 35.5. The van der Waals surface area contributed by atoms with Crippen LogP contribution in [0.3, 0.4) is 0 Å². The van der Waals surface area contributed by atoms with Crippen molar-refractivity contribution in [3.8, 4) is 0 Å². The largest absolute Gasteiger partial charge is 0.259 e. The molecule has 21 heavy (non-hydrogen) atoms. The van der Waals surface area contributed by atoms with Crippen LogP contribution in [0.25, 0.3) is 11.0 Å². The predicted molar refractivity (Wildman–Crippen MR) is 87.2 cm³/mol. The summed E-state index contributed by atoms with van der Waals surface area (Å²) < 4.78 is 0. The molecule has 0 aliphatic rings. The van der Waals surface area contributed by atoms with Gasteiger partial charge in [0, 0.05) is 10.6 Å². The number of halogens is 2. The van der Waals surface area contributed by atoms with Crippen LogP contribution in [0.2, 0.25) is 10.2 Å². The Bertz CT molecular complexity index is 818. The fraction of sp³-hybridized carbons (Fsp3) is 0. The van der Waals surface area contributed by atoms with Crippen molar-refractivity contribution in [3.05, 3.63) is 64.3 Å². The van der Waals surface area contributed by atoms with E-state index in [0.29, 0.717) is 10.8 Å². The Kier molecular flexibility index (Phi) is 3.99. The Hall–Kier alpha value is -2.17. The van der Waals surface area contributed by atoms with Gasteiger partial charge in [0.1, 0.15) is 0 Å². The van der Waals surface area contributed by atoms with Crippen LogP contribution in [0.15, 0.2) is 53.6 Å². The average Bonchev–Trinajstić information content (AvgIpc) is 2.49. The molecule has 0 aliphatic heterocycles. The molecular formula is C15H10Cl2N4. The highest BCUT2D eigenvalue weighted by molar-refractivity contribution is 6.33. The number of hydrazone groups is 1. The Morgan fingerprint density at radius 3 is 2.33 bits per heavy atom. The van der Waals surface area contributed by atoms with Crippen molar-refractivity contribution in [1.82, 2.24) is 9.97 Å². The molecule has 6 heteroatoms. The van der Waals surface area contributed by atoms with Crippen molar-refractivity contribution in [2.24, 2.45) is 5.10 Å². The second-order valence-electron chi connectivity index (χ2n) is 4.24. The minimum atomic E-state index is 0.269. The number of para-hydroxylation sites is 2. The molecule has 0 bridgehead atoms. The zero-order valence-corrected chi connectivity index (χ0v) is 12.3. The van der Waals surface area contributed by atoms with E-state index in [-0.39, 0.29) is 5.15 Å². The molecule has 3 rings (SSSR count). The first-order valence-corrected chi connectivity index (χ1v) is 6.95. The molecule has 1 aromatic heterocycles. The van der Waals surface area contributed by atoms with Crippen LogP contribution in [0, 0.1) is 0 Å². The van der Waals surface area contributed by atoms with Crippen molar-refractivity contribution in [2.75, 3.05) is 5.43 Å². The van der Waals surface area contributed by atoms with Crippen LogP contribution < -0.4 is 5.43 Å². The Labute approximate surface area is 131 Å². The molecule has 2 aromatic carbocycles. The molecule has 0 radical (unpaired) electrons. The molecule has 0 saturated carbocycles. The lowest BCUT2D eigenvalue weighted by Gasteiger charge is -2.04. The van der Waals surface area contributed by atoms with Gasteiger partial charge in [-0.15, -0.1) is 0 Å². The lowest BCUT2D eigenvalue weighted by Crippen LogP contribution is -1.97. The van der Waals surface area contributed by atoms with Crippen LogP contribution in [0.4, 0.5) is 5.82 Å². The lowest BCUT2D eigenvalue weighted by molar-refractivity contribution is 1.22. The third kappa shape index (κ3) is 3.12. The Morgan fingerprint density at radius 1 is 0.905 bits per heavy atom. The number of hydrogen-bond donors (Lipinski definition) is 1. The van der Waals surface area contributed by atoms with E-state index in [0.717, 1.165) is 16.6 Å². The summed E-state index contributed by atoms with van der Waals surface area (Å²) in [5.74, 6) is 0.402. The van der Waals surface area contributed by atoms with Gasteiger partial charge < -0.3 is 0 Å². The number of nitrogens with zero attached hydrogens (tertiary/aromatic N) is 3. The van der Waals surface area contributed by atoms with E-state index >= 15 is 0 Å². The second-order valence-corrected chi connectivity index (χ2v) is 5.01. The molecule has 0 spiro atoms. The zero-order chi connectivity index (χ0) is 14.7. The normalized spacial score (nSPS) is 11.1. The standard InChI is InChI=1S/C15H10Cl2N4/c16-11-6-2-1-5-10(11)9-18-21-15-14(17)19-12-7-3-4-8-13(12)20-15/h1-9H,(H,20,21). The summed E-state index contributed by atoms with van der Waals surface area (Å²) in [4.78, 5) is 8.64. The van der Waals surface area contributed by atoms with Crippen LogP contribution in [0.1, 0.15) is 5.56 Å². The summed E-state index contributed by atoms with van der Waals surface area (Å²) in [5, 5.41) is 4.99. The van der Waals surface area contributed by atoms with Gasteiger partial charge in [-0.05, 0) is 18.2 Å². The molecule has 0 aliphatic carbocycles. The van der Waals surface area contributed by atoms with E-state index in [9.17, 15) is 0 Å². The lowest BCUT2D eigenvalue weighted by atomic mass is 10.2. The molecule has 0 saturated heterocycles. The van der Waals surface area contributed by atoms with Crippen molar-refractivity contribution >= 4 is 46.3 Å². The number of hydrogen-bond acceptors (Lipinski definition) is 4. The highest BCUT2D eigenvalue weighted by Crippen LogP contribution is 2.21. The Morgan fingerprint density at radius 2 is 1.57 bits per heavy atom. The minimum Gasteiger partial charge on any atom is -0.259 e. The third-order valence-electron chi connectivity index (χ3n) is 2.81. The maximum Gasteiger partial charge on any atom is 0.185 e. The van der Waals surface area contributed by atoms with E-state index in [1.807, 2.05) is 42.5 Å². The molecule has 4 nitrogen and oxygen atoms in total. The van der Waals surface area contributed by atoms with Gasteiger partial charge in [-0.1, -0.05) is 53.5 Å². The summed E-state index contributed by atoms with van der Waals surface area (Å²) in [7, 11) is 0. The third-order valence-corrected chi connectivity index (χ3v) is 3.42. The Balaban J connectivity index is 1.85. The van der Waals surface area contributed by atoms with Crippen molar-refractivity contribution in [2.45, 2.75) is 0 Å². The van der Waals surface area contributed by atoms with Gasteiger partial charge in [0.15, 0.2) is 11.0 Å². The maximum atomic E-state index is 6.08. The average molecular weight is 317 g/mol. The van der Waals surface area contributed by atoms with Gasteiger partial charge in [0.2, 0.25) is 0 Å². The SMILES string of the molecule is Clc1ccccc1C=NNc1nc2ccccc2nc1Cl. The van der Waals surface area contributed by atoms with E-state index in [1.165, 1.54) is 0 Å². The van der Waals surface area contributed by atoms with Crippen molar-refractivity contribution in [3.63, 3.8) is 0 Å². The van der Waals surface area contributed by atoms with Gasteiger partial charge in [-0.25, -0.2) is 9.97 Å². The first-order chi connectivity index (χ1) is 10.2. The summed E-state index contributed by atoms with van der Waals surface area (Å²) in [6.07, 6.45) is 1.61. The maximum absolute atomic E-state index is 6.08. The van der Waals surface area contributed by atoms with Crippen LogP contribution in [-0.2, 0) is 0 Å². The summed E-state index contributed by atoms with van der Waals surface area (Å²) in [5.41, 5.74) is 5.07. The number of anilines is 1. The van der Waals surface area contributed by atoms with Crippen molar-refractivity contribution in [1.29, 1.82) is 0 Å². The van der Waals surface area contributed by atoms with Gasteiger partial charge in [0.25, 0.3) is 0 Å². The zero-order valence-electron chi connectivity index (χ0n) is 10.8. The quantitative estimate of drug-likeness (QED) is 0.576. The van der Waals surface area contributed by atoms with Gasteiger partial charge in [-0.2, -0.15) is 5.10 Å². The molecule has 3 aromatic rings. The highest BCUT2D eigenvalue weighted by Gasteiger charge is 2.05. The number of fused-ring (bicyclic) bond motifs is 1. The summed E-state index contributed by atoms with van der Waals surface area (Å²) in [6.45, 7) is 0. The van der Waals surface area contributed by atoms with Gasteiger partial charge in [0.05, 0.1) is 17.2 Å². The van der Waals surface area contributed by atoms with E-state index in [1.54, 1.807) is 12.3 Å². The molecule has 0 fully saturated rings. The van der Waals surface area contributed by atoms with Crippen molar-refractivity contribution < 1.29 is 0 Å². The van der Waals surface area contributed by atoms with Crippen LogP contribution >= 0.6 is 23.2 Å². The number of benzene rings is 2. The first kappa shape index (κ1) is 13.8. The fourth-order valence-electron chi connectivity index (χ4n) is 1.79. The molecule has 1 N–H and O–H groups in total. The number of rotatable bonds is 3. The molecule has 0 amide bonds. The van der Waals surface area contributed by atoms with Crippen LogP contribution in [0.5, 0.6) is 0 Å². The fourth-order valence-corrected chi connectivity index (χ4v) is 2.15. The van der Waals surface area contributed by atoms with Crippen LogP contribution in [-0.4, -0.2) is 16.2 Å². The molecule has 1 heterocycles. The number of aromatic nitrogens is 2. The van der Waals surface area contributed by atoms with Gasteiger partial charge in [-0.3, -0.25) is 5.43 Å². The molecular weight excluding hydrogens is 307 g/mol. The molecule has 104 valence electrons. The predicted octanol–water partition coefficient (Wildman–Crippen LogP) is 4.38. The monoisotopic (exact) mass is 316 g/mol. The topological polar surface area (TPSA) is 50.2 Å². The molecule has 0 atom stereocenters. The summed E-state index contributed by atoms with van der Waals surface area (Å²) >= 11 is 12.1. The minimum absolute atomic E-state index is 0.269. The van der Waals surface area contributed by atoms with E-state index in [4.69, 9.17) is 23.2 Å². The van der Waals surface area contributed by atoms with E-state index in [2.05, 4.69) is 20.5 Å². The van der Waals surface area contributed by atoms with Gasteiger partial charge >= 0.3 is 0 Å².